The molecule has 0 radical (unpaired) electrons. The van der Waals surface area contributed by atoms with Crippen molar-refractivity contribution in [2.24, 2.45) is 5.92 Å². The maximum atomic E-state index is 12.1. The summed E-state index contributed by atoms with van der Waals surface area (Å²) in [6, 6.07) is 6.40. The minimum Gasteiger partial charge on any atom is -0.348 e. The fourth-order valence-corrected chi connectivity index (χ4v) is 4.91. The Labute approximate surface area is 160 Å². The summed E-state index contributed by atoms with van der Waals surface area (Å²) in [7, 11) is 0. The Balaban J connectivity index is 1.39. The molecule has 6 heteroatoms. The molecule has 0 aliphatic carbocycles. The summed E-state index contributed by atoms with van der Waals surface area (Å²) in [5, 5.41) is 5.49. The van der Waals surface area contributed by atoms with E-state index in [4.69, 9.17) is 0 Å². The van der Waals surface area contributed by atoms with Gasteiger partial charge in [-0.1, -0.05) is 6.07 Å². The lowest BCUT2D eigenvalue weighted by atomic mass is 9.95. The van der Waals surface area contributed by atoms with Crippen molar-refractivity contribution < 1.29 is 9.59 Å². The van der Waals surface area contributed by atoms with Gasteiger partial charge in [0.15, 0.2) is 0 Å². The first-order valence-corrected chi connectivity index (χ1v) is 10.7. The van der Waals surface area contributed by atoms with E-state index < -0.39 is 11.8 Å². The zero-order chi connectivity index (χ0) is 18.5. The van der Waals surface area contributed by atoms with Crippen LogP contribution < -0.4 is 10.6 Å². The summed E-state index contributed by atoms with van der Waals surface area (Å²) in [5.41, 5.74) is 2.92. The number of aryl methyl sites for hydroxylation is 2. The molecular formula is C20H29N3O2S. The van der Waals surface area contributed by atoms with Crippen molar-refractivity contribution in [2.45, 2.75) is 39.2 Å². The number of rotatable bonds is 4. The molecule has 0 bridgehead atoms. The lowest BCUT2D eigenvalue weighted by Crippen LogP contribution is -2.45. The molecule has 2 aliphatic rings. The van der Waals surface area contributed by atoms with Gasteiger partial charge < -0.3 is 10.6 Å². The van der Waals surface area contributed by atoms with Crippen LogP contribution in [0.2, 0.25) is 0 Å². The van der Waals surface area contributed by atoms with Gasteiger partial charge in [0.1, 0.15) is 0 Å². The van der Waals surface area contributed by atoms with Gasteiger partial charge >= 0.3 is 11.8 Å². The molecule has 3 rings (SSSR count). The number of hydrogen-bond donors (Lipinski definition) is 2. The lowest BCUT2D eigenvalue weighted by Gasteiger charge is -2.35. The number of nitrogens with zero attached hydrogens (tertiary/aromatic N) is 1. The smallest absolute Gasteiger partial charge is 0.313 e. The minimum atomic E-state index is -0.589. The van der Waals surface area contributed by atoms with E-state index in [0.717, 1.165) is 43.1 Å². The third-order valence-electron chi connectivity index (χ3n) is 5.59. The summed E-state index contributed by atoms with van der Waals surface area (Å²) in [6.45, 7) is 6.82. The molecule has 0 aromatic heterocycles. The highest BCUT2D eigenvalue weighted by Crippen LogP contribution is 2.26. The average molecular weight is 376 g/mol. The number of nitrogens with one attached hydrogen (secondary N) is 2. The topological polar surface area (TPSA) is 61.4 Å². The van der Waals surface area contributed by atoms with Gasteiger partial charge in [0, 0.05) is 24.0 Å². The summed E-state index contributed by atoms with van der Waals surface area (Å²) in [4.78, 5) is 26.8. The van der Waals surface area contributed by atoms with E-state index >= 15 is 0 Å². The molecule has 1 atom stereocenters. The van der Waals surface area contributed by atoms with Gasteiger partial charge in [0.2, 0.25) is 0 Å². The SMILES string of the molecule is Cc1ccc(NC(=O)C(=O)NCC2CCN(C3CCSC3)CC2)cc1C. The lowest BCUT2D eigenvalue weighted by molar-refractivity contribution is -0.136. The number of anilines is 1. The van der Waals surface area contributed by atoms with Crippen LogP contribution in [0.25, 0.3) is 0 Å². The zero-order valence-corrected chi connectivity index (χ0v) is 16.5. The molecule has 1 aromatic rings. The molecular weight excluding hydrogens is 346 g/mol. The second kappa shape index (κ2) is 8.91. The normalized spacial score (nSPS) is 21.5. The fourth-order valence-electron chi connectivity index (χ4n) is 3.66. The molecule has 2 saturated heterocycles. The second-order valence-corrected chi connectivity index (χ2v) is 8.61. The Bertz CT molecular complexity index is 650. The number of hydrogen-bond acceptors (Lipinski definition) is 4. The number of amides is 2. The van der Waals surface area contributed by atoms with Crippen LogP contribution in [-0.2, 0) is 9.59 Å². The van der Waals surface area contributed by atoms with Gasteiger partial charge in [-0.05, 0) is 81.1 Å². The van der Waals surface area contributed by atoms with Crippen LogP contribution in [0.1, 0.15) is 30.4 Å². The van der Waals surface area contributed by atoms with E-state index in [0.29, 0.717) is 18.2 Å². The molecule has 2 heterocycles. The first-order valence-electron chi connectivity index (χ1n) is 9.51. The van der Waals surface area contributed by atoms with Gasteiger partial charge in [0.05, 0.1) is 0 Å². The van der Waals surface area contributed by atoms with E-state index in [1.165, 1.54) is 17.9 Å². The van der Waals surface area contributed by atoms with Crippen molar-refractivity contribution in [2.75, 3.05) is 36.5 Å². The monoisotopic (exact) mass is 375 g/mol. The zero-order valence-electron chi connectivity index (χ0n) is 15.7. The van der Waals surface area contributed by atoms with E-state index in [9.17, 15) is 9.59 Å². The molecule has 2 fully saturated rings. The average Bonchev–Trinajstić information content (AvgIpc) is 3.18. The van der Waals surface area contributed by atoms with Gasteiger partial charge in [0.25, 0.3) is 0 Å². The predicted molar refractivity (Wildman–Crippen MR) is 108 cm³/mol. The summed E-state index contributed by atoms with van der Waals surface area (Å²) in [5.74, 6) is 1.89. The molecule has 142 valence electrons. The molecule has 5 nitrogen and oxygen atoms in total. The summed E-state index contributed by atoms with van der Waals surface area (Å²) < 4.78 is 0. The molecule has 2 N–H and O–H groups in total. The number of piperidine rings is 1. The molecule has 1 aromatic carbocycles. The quantitative estimate of drug-likeness (QED) is 0.794. The Morgan fingerprint density at radius 1 is 1.12 bits per heavy atom. The van der Waals surface area contributed by atoms with Crippen molar-refractivity contribution in [3.63, 3.8) is 0 Å². The van der Waals surface area contributed by atoms with Crippen LogP contribution in [0.3, 0.4) is 0 Å². The largest absolute Gasteiger partial charge is 0.348 e. The number of carbonyl (C=O) groups excluding carboxylic acids is 2. The van der Waals surface area contributed by atoms with Crippen LogP contribution in [-0.4, -0.2) is 53.9 Å². The summed E-state index contributed by atoms with van der Waals surface area (Å²) >= 11 is 2.05. The highest BCUT2D eigenvalue weighted by atomic mass is 32.2. The Morgan fingerprint density at radius 3 is 2.54 bits per heavy atom. The van der Waals surface area contributed by atoms with Crippen LogP contribution in [0.4, 0.5) is 5.69 Å². The number of thioether (sulfide) groups is 1. The van der Waals surface area contributed by atoms with Crippen LogP contribution in [0.15, 0.2) is 18.2 Å². The van der Waals surface area contributed by atoms with Crippen molar-refractivity contribution in [3.8, 4) is 0 Å². The van der Waals surface area contributed by atoms with Crippen LogP contribution in [0, 0.1) is 19.8 Å². The number of likely N-dealkylation sites (tertiary alicyclic amines) is 1. The van der Waals surface area contributed by atoms with Crippen molar-refractivity contribution >= 4 is 29.3 Å². The highest BCUT2D eigenvalue weighted by molar-refractivity contribution is 7.99. The molecule has 1 unspecified atom stereocenters. The third kappa shape index (κ3) is 5.01. The van der Waals surface area contributed by atoms with Crippen LogP contribution in [0.5, 0.6) is 0 Å². The molecule has 0 saturated carbocycles. The molecule has 2 amide bonds. The Hall–Kier alpha value is -1.53. The van der Waals surface area contributed by atoms with Crippen molar-refractivity contribution in [1.82, 2.24) is 10.2 Å². The second-order valence-electron chi connectivity index (χ2n) is 7.46. The predicted octanol–water partition coefficient (Wildman–Crippen LogP) is 2.58. The maximum Gasteiger partial charge on any atom is 0.313 e. The van der Waals surface area contributed by atoms with Crippen molar-refractivity contribution in [3.05, 3.63) is 29.3 Å². The van der Waals surface area contributed by atoms with E-state index in [2.05, 4.69) is 27.3 Å². The minimum absolute atomic E-state index is 0.471. The van der Waals surface area contributed by atoms with E-state index in [1.807, 2.05) is 32.0 Å². The van der Waals surface area contributed by atoms with E-state index in [-0.39, 0.29) is 0 Å². The van der Waals surface area contributed by atoms with Gasteiger partial charge in [-0.3, -0.25) is 14.5 Å². The molecule has 26 heavy (non-hydrogen) atoms. The highest BCUT2D eigenvalue weighted by Gasteiger charge is 2.27. The van der Waals surface area contributed by atoms with Crippen molar-refractivity contribution in [1.29, 1.82) is 0 Å². The Kier molecular flexibility index (Phi) is 6.59. The van der Waals surface area contributed by atoms with Gasteiger partial charge in [-0.15, -0.1) is 0 Å². The van der Waals surface area contributed by atoms with E-state index in [1.54, 1.807) is 0 Å². The van der Waals surface area contributed by atoms with Crippen LogP contribution >= 0.6 is 11.8 Å². The van der Waals surface area contributed by atoms with Gasteiger partial charge in [-0.25, -0.2) is 0 Å². The first-order chi connectivity index (χ1) is 12.5. The maximum absolute atomic E-state index is 12.1. The number of benzene rings is 1. The summed E-state index contributed by atoms with van der Waals surface area (Å²) in [6.07, 6.45) is 3.51. The fraction of sp³-hybridized carbons (Fsp3) is 0.600. The molecule has 2 aliphatic heterocycles. The van der Waals surface area contributed by atoms with Gasteiger partial charge in [-0.2, -0.15) is 11.8 Å². The Morgan fingerprint density at radius 2 is 1.88 bits per heavy atom. The first kappa shape index (κ1) is 19.2. The standard InChI is InChI=1S/C20H29N3O2S/c1-14-3-4-17(11-15(14)2)22-20(25)19(24)21-12-16-5-8-23(9-6-16)18-7-10-26-13-18/h3-4,11,16,18H,5-10,12-13H2,1-2H3,(H,21,24)(H,22,25). The molecule has 0 spiro atoms. The number of carbonyl (C=O) groups is 2. The third-order valence-corrected chi connectivity index (χ3v) is 6.74.